The molecule has 1 atom stereocenters. The van der Waals surface area contributed by atoms with Gasteiger partial charge in [-0.1, -0.05) is 25.9 Å². The molecule has 1 saturated heterocycles. The standard InChI is InChI=1S/C14H22N2O2/c1-9(2)13-12(11(4)15-18-13)14(17)16-7-5-6-10(3)8-16/h9-10H,5-8H2,1-4H3. The van der Waals surface area contributed by atoms with Crippen LogP contribution in [0.2, 0.25) is 0 Å². The fourth-order valence-electron chi connectivity index (χ4n) is 2.57. The zero-order valence-electron chi connectivity index (χ0n) is 11.7. The van der Waals surface area contributed by atoms with Gasteiger partial charge in [0.2, 0.25) is 0 Å². The van der Waals surface area contributed by atoms with Crippen molar-refractivity contribution in [1.82, 2.24) is 10.1 Å². The van der Waals surface area contributed by atoms with E-state index in [2.05, 4.69) is 12.1 Å². The monoisotopic (exact) mass is 250 g/mol. The molecule has 18 heavy (non-hydrogen) atoms. The van der Waals surface area contributed by atoms with Crippen LogP contribution in [0.4, 0.5) is 0 Å². The minimum Gasteiger partial charge on any atom is -0.360 e. The molecule has 0 saturated carbocycles. The van der Waals surface area contributed by atoms with Crippen LogP contribution < -0.4 is 0 Å². The molecular weight excluding hydrogens is 228 g/mol. The Hall–Kier alpha value is -1.32. The van der Waals surface area contributed by atoms with Crippen LogP contribution in [-0.2, 0) is 0 Å². The summed E-state index contributed by atoms with van der Waals surface area (Å²) in [5.74, 6) is 1.58. The second kappa shape index (κ2) is 5.12. The van der Waals surface area contributed by atoms with Crippen LogP contribution in [0.15, 0.2) is 4.52 Å². The number of hydrogen-bond donors (Lipinski definition) is 0. The van der Waals surface area contributed by atoms with Crippen LogP contribution >= 0.6 is 0 Å². The molecule has 1 unspecified atom stereocenters. The van der Waals surface area contributed by atoms with Crippen LogP contribution in [0.3, 0.4) is 0 Å². The van der Waals surface area contributed by atoms with Gasteiger partial charge in [-0.15, -0.1) is 0 Å². The average Bonchev–Trinajstić information content (AvgIpc) is 2.70. The lowest BCUT2D eigenvalue weighted by Crippen LogP contribution is -2.39. The quantitative estimate of drug-likeness (QED) is 0.810. The first kappa shape index (κ1) is 13.1. The molecule has 1 aliphatic heterocycles. The van der Waals surface area contributed by atoms with Crippen molar-refractivity contribution in [3.8, 4) is 0 Å². The highest BCUT2D eigenvalue weighted by Gasteiger charge is 2.28. The SMILES string of the molecule is Cc1noc(C(C)C)c1C(=O)N1CCCC(C)C1. The number of hydrogen-bond acceptors (Lipinski definition) is 3. The van der Waals surface area contributed by atoms with Gasteiger partial charge >= 0.3 is 0 Å². The lowest BCUT2D eigenvalue weighted by atomic mass is 9.98. The molecule has 2 heterocycles. The fraction of sp³-hybridized carbons (Fsp3) is 0.714. The third kappa shape index (κ3) is 2.42. The van der Waals surface area contributed by atoms with Gasteiger partial charge < -0.3 is 9.42 Å². The van der Waals surface area contributed by atoms with E-state index in [1.54, 1.807) is 0 Å². The minimum atomic E-state index is 0.0870. The van der Waals surface area contributed by atoms with E-state index in [1.165, 1.54) is 6.42 Å². The highest BCUT2D eigenvalue weighted by Crippen LogP contribution is 2.25. The minimum absolute atomic E-state index is 0.0870. The zero-order valence-corrected chi connectivity index (χ0v) is 11.7. The molecule has 4 heteroatoms. The molecule has 0 N–H and O–H groups in total. The van der Waals surface area contributed by atoms with Crippen LogP contribution in [0.25, 0.3) is 0 Å². The average molecular weight is 250 g/mol. The lowest BCUT2D eigenvalue weighted by molar-refractivity contribution is 0.0679. The van der Waals surface area contributed by atoms with Crippen molar-refractivity contribution in [1.29, 1.82) is 0 Å². The third-order valence-corrected chi connectivity index (χ3v) is 3.57. The van der Waals surface area contributed by atoms with Crippen molar-refractivity contribution in [2.75, 3.05) is 13.1 Å². The molecule has 0 bridgehead atoms. The Morgan fingerprint density at radius 2 is 2.22 bits per heavy atom. The maximum absolute atomic E-state index is 12.6. The number of rotatable bonds is 2. The van der Waals surface area contributed by atoms with Crippen LogP contribution in [0.1, 0.15) is 61.3 Å². The Bertz CT molecular complexity index is 437. The number of likely N-dealkylation sites (tertiary alicyclic amines) is 1. The van der Waals surface area contributed by atoms with Gasteiger partial charge in [-0.3, -0.25) is 4.79 Å². The van der Waals surface area contributed by atoms with Crippen molar-refractivity contribution in [3.63, 3.8) is 0 Å². The second-order valence-electron chi connectivity index (χ2n) is 5.66. The molecule has 0 spiro atoms. The van der Waals surface area contributed by atoms with E-state index in [4.69, 9.17) is 4.52 Å². The third-order valence-electron chi connectivity index (χ3n) is 3.57. The number of aryl methyl sites for hydroxylation is 1. The summed E-state index contributed by atoms with van der Waals surface area (Å²) < 4.78 is 5.30. The summed E-state index contributed by atoms with van der Waals surface area (Å²) in [6.45, 7) is 9.79. The Labute approximate surface area is 108 Å². The molecule has 0 aliphatic carbocycles. The topological polar surface area (TPSA) is 46.3 Å². The molecule has 1 fully saturated rings. The first-order valence-electron chi connectivity index (χ1n) is 6.76. The molecule has 1 amide bonds. The molecule has 1 aromatic rings. The normalized spacial score (nSPS) is 20.5. The number of amides is 1. The number of carbonyl (C=O) groups excluding carboxylic acids is 1. The van der Waals surface area contributed by atoms with Crippen molar-refractivity contribution in [3.05, 3.63) is 17.0 Å². The van der Waals surface area contributed by atoms with Crippen molar-refractivity contribution in [2.24, 2.45) is 5.92 Å². The van der Waals surface area contributed by atoms with Gasteiger partial charge in [-0.2, -0.15) is 0 Å². The first-order valence-corrected chi connectivity index (χ1v) is 6.76. The molecule has 100 valence electrons. The van der Waals surface area contributed by atoms with E-state index >= 15 is 0 Å². The van der Waals surface area contributed by atoms with Crippen LogP contribution in [-0.4, -0.2) is 29.1 Å². The van der Waals surface area contributed by atoms with Gasteiger partial charge in [0.05, 0.1) is 5.69 Å². The molecule has 2 rings (SSSR count). The summed E-state index contributed by atoms with van der Waals surface area (Å²) in [7, 11) is 0. The summed E-state index contributed by atoms with van der Waals surface area (Å²) in [5.41, 5.74) is 1.39. The van der Waals surface area contributed by atoms with Gasteiger partial charge in [0.1, 0.15) is 5.56 Å². The Morgan fingerprint density at radius 1 is 1.50 bits per heavy atom. The summed E-state index contributed by atoms with van der Waals surface area (Å²) in [6.07, 6.45) is 2.30. The molecular formula is C14H22N2O2. The molecule has 0 aromatic carbocycles. The van der Waals surface area contributed by atoms with Gasteiger partial charge in [-0.25, -0.2) is 0 Å². The maximum Gasteiger partial charge on any atom is 0.259 e. The lowest BCUT2D eigenvalue weighted by Gasteiger charge is -2.31. The maximum atomic E-state index is 12.6. The van der Waals surface area contributed by atoms with Crippen molar-refractivity contribution >= 4 is 5.91 Å². The second-order valence-corrected chi connectivity index (χ2v) is 5.66. The fourth-order valence-corrected chi connectivity index (χ4v) is 2.57. The number of piperidine rings is 1. The molecule has 4 nitrogen and oxygen atoms in total. The van der Waals surface area contributed by atoms with Crippen molar-refractivity contribution < 1.29 is 9.32 Å². The van der Waals surface area contributed by atoms with E-state index in [-0.39, 0.29) is 11.8 Å². The molecule has 1 aromatic heterocycles. The Balaban J connectivity index is 2.25. The van der Waals surface area contributed by atoms with E-state index < -0.39 is 0 Å². The zero-order chi connectivity index (χ0) is 13.3. The summed E-state index contributed by atoms with van der Waals surface area (Å²) >= 11 is 0. The summed E-state index contributed by atoms with van der Waals surface area (Å²) in [5, 5.41) is 3.95. The number of carbonyl (C=O) groups is 1. The largest absolute Gasteiger partial charge is 0.360 e. The summed E-state index contributed by atoms with van der Waals surface area (Å²) in [6, 6.07) is 0. The Kier molecular flexibility index (Phi) is 3.73. The predicted molar refractivity (Wildman–Crippen MR) is 69.6 cm³/mol. The van der Waals surface area contributed by atoms with E-state index in [1.807, 2.05) is 25.7 Å². The van der Waals surface area contributed by atoms with Gasteiger partial charge in [0, 0.05) is 19.0 Å². The highest BCUT2D eigenvalue weighted by molar-refractivity contribution is 5.96. The van der Waals surface area contributed by atoms with Crippen LogP contribution in [0, 0.1) is 12.8 Å². The van der Waals surface area contributed by atoms with E-state index in [0.29, 0.717) is 17.2 Å². The predicted octanol–water partition coefficient (Wildman–Crippen LogP) is 2.98. The number of nitrogens with zero attached hydrogens (tertiary/aromatic N) is 2. The van der Waals surface area contributed by atoms with Gasteiger partial charge in [-0.05, 0) is 25.7 Å². The van der Waals surface area contributed by atoms with Crippen LogP contribution in [0.5, 0.6) is 0 Å². The van der Waals surface area contributed by atoms with Gasteiger partial charge in [0.25, 0.3) is 5.91 Å². The van der Waals surface area contributed by atoms with Gasteiger partial charge in [0.15, 0.2) is 5.76 Å². The first-order chi connectivity index (χ1) is 8.50. The highest BCUT2D eigenvalue weighted by atomic mass is 16.5. The number of aromatic nitrogens is 1. The Morgan fingerprint density at radius 3 is 2.83 bits per heavy atom. The summed E-state index contributed by atoms with van der Waals surface area (Å²) in [4.78, 5) is 14.5. The van der Waals surface area contributed by atoms with E-state index in [9.17, 15) is 4.79 Å². The van der Waals surface area contributed by atoms with Crippen molar-refractivity contribution in [2.45, 2.75) is 46.5 Å². The smallest absolute Gasteiger partial charge is 0.259 e. The van der Waals surface area contributed by atoms with E-state index in [0.717, 1.165) is 25.3 Å². The molecule has 0 radical (unpaired) electrons. The molecule has 1 aliphatic rings.